The average molecular weight is 227 g/mol. The number of hydrogen-bond donors (Lipinski definition) is 2. The maximum atomic E-state index is 13.2. The molecule has 0 saturated carbocycles. The van der Waals surface area contributed by atoms with E-state index in [1.807, 2.05) is 0 Å². The van der Waals surface area contributed by atoms with Crippen molar-refractivity contribution in [3.8, 4) is 0 Å². The van der Waals surface area contributed by atoms with Crippen molar-refractivity contribution in [2.45, 2.75) is 13.3 Å². The van der Waals surface area contributed by atoms with E-state index in [-0.39, 0.29) is 11.4 Å². The van der Waals surface area contributed by atoms with E-state index >= 15 is 0 Å². The molecule has 0 saturated heterocycles. The molecule has 1 rings (SSSR count). The molecule has 0 aromatic heterocycles. The summed E-state index contributed by atoms with van der Waals surface area (Å²) in [6, 6.07) is 3.43. The van der Waals surface area contributed by atoms with Gasteiger partial charge in [0.15, 0.2) is 0 Å². The van der Waals surface area contributed by atoms with E-state index in [9.17, 15) is 13.6 Å². The van der Waals surface area contributed by atoms with Crippen LogP contribution in [0.3, 0.4) is 0 Å². The summed E-state index contributed by atoms with van der Waals surface area (Å²) >= 11 is 0. The number of carboxylic acid groups (broad SMARTS) is 1. The normalized spacial score (nSPS) is 11.3. The van der Waals surface area contributed by atoms with Crippen LogP contribution >= 0.6 is 0 Å². The summed E-state index contributed by atoms with van der Waals surface area (Å²) in [4.78, 5) is 10.4. The van der Waals surface area contributed by atoms with Crippen LogP contribution in [0, 0.1) is 11.6 Å². The number of halogens is 2. The standard InChI is InChI=1S/C11H11F2NO2/c1-2-7(6-10(15)16)14-11-8(12)4-3-5-9(11)13/h3-6,14H,2H2,1H3,(H,15,16)/b7-6-. The van der Waals surface area contributed by atoms with Crippen LogP contribution in [0.1, 0.15) is 13.3 Å². The second-order valence-corrected chi connectivity index (χ2v) is 3.08. The van der Waals surface area contributed by atoms with Crippen molar-refractivity contribution in [2.24, 2.45) is 0 Å². The molecule has 0 heterocycles. The van der Waals surface area contributed by atoms with Gasteiger partial charge in [0.05, 0.1) is 0 Å². The highest BCUT2D eigenvalue weighted by Gasteiger charge is 2.09. The van der Waals surface area contributed by atoms with Crippen molar-refractivity contribution in [1.29, 1.82) is 0 Å². The van der Waals surface area contributed by atoms with Crippen molar-refractivity contribution < 1.29 is 18.7 Å². The maximum absolute atomic E-state index is 13.2. The topological polar surface area (TPSA) is 49.3 Å². The molecule has 0 spiro atoms. The Morgan fingerprint density at radius 3 is 2.44 bits per heavy atom. The van der Waals surface area contributed by atoms with Gasteiger partial charge in [-0.3, -0.25) is 0 Å². The number of carboxylic acids is 1. The van der Waals surface area contributed by atoms with Crippen LogP contribution in [0.2, 0.25) is 0 Å². The van der Waals surface area contributed by atoms with E-state index in [1.165, 1.54) is 6.07 Å². The fraction of sp³-hybridized carbons (Fsp3) is 0.182. The van der Waals surface area contributed by atoms with Gasteiger partial charge in [-0.25, -0.2) is 13.6 Å². The van der Waals surface area contributed by atoms with Gasteiger partial charge in [-0.15, -0.1) is 0 Å². The van der Waals surface area contributed by atoms with Gasteiger partial charge in [-0.1, -0.05) is 13.0 Å². The van der Waals surface area contributed by atoms with Gasteiger partial charge in [0.1, 0.15) is 17.3 Å². The molecule has 0 aliphatic carbocycles. The molecular weight excluding hydrogens is 216 g/mol. The minimum Gasteiger partial charge on any atom is -0.478 e. The molecule has 1 aromatic rings. The van der Waals surface area contributed by atoms with Crippen LogP contribution in [0.15, 0.2) is 30.0 Å². The average Bonchev–Trinajstić information content (AvgIpc) is 2.21. The largest absolute Gasteiger partial charge is 0.478 e. The fourth-order valence-corrected chi connectivity index (χ4v) is 1.15. The Labute approximate surface area is 91.4 Å². The number of allylic oxidation sites excluding steroid dienone is 1. The summed E-state index contributed by atoms with van der Waals surface area (Å²) in [6.07, 6.45) is 1.21. The van der Waals surface area contributed by atoms with Crippen molar-refractivity contribution >= 4 is 11.7 Å². The van der Waals surface area contributed by atoms with Gasteiger partial charge in [-0.05, 0) is 18.6 Å². The zero-order valence-electron chi connectivity index (χ0n) is 8.63. The Balaban J connectivity index is 2.99. The first-order valence-electron chi connectivity index (χ1n) is 4.69. The van der Waals surface area contributed by atoms with Crippen molar-refractivity contribution in [3.63, 3.8) is 0 Å². The minimum absolute atomic E-state index is 0.233. The van der Waals surface area contributed by atoms with Crippen molar-refractivity contribution in [2.75, 3.05) is 5.32 Å². The Morgan fingerprint density at radius 2 is 2.00 bits per heavy atom. The third kappa shape index (κ3) is 3.05. The summed E-state index contributed by atoms with van der Waals surface area (Å²) in [5.74, 6) is -2.68. The molecule has 0 aliphatic heterocycles. The summed E-state index contributed by atoms with van der Waals surface area (Å²) in [7, 11) is 0. The number of hydrogen-bond acceptors (Lipinski definition) is 2. The maximum Gasteiger partial charge on any atom is 0.330 e. The lowest BCUT2D eigenvalue weighted by atomic mass is 10.2. The molecule has 0 radical (unpaired) electrons. The Morgan fingerprint density at radius 1 is 1.44 bits per heavy atom. The highest BCUT2D eigenvalue weighted by molar-refractivity contribution is 5.81. The summed E-state index contributed by atoms with van der Waals surface area (Å²) in [5, 5.41) is 11.0. The molecule has 0 atom stereocenters. The molecule has 0 bridgehead atoms. The number of aliphatic carboxylic acids is 1. The molecule has 0 unspecified atom stereocenters. The van der Waals surface area contributed by atoms with Crippen LogP contribution in [0.25, 0.3) is 0 Å². The first kappa shape index (κ1) is 12.2. The third-order valence-corrected chi connectivity index (χ3v) is 1.93. The van der Waals surface area contributed by atoms with E-state index in [0.29, 0.717) is 6.42 Å². The molecule has 5 heteroatoms. The quantitative estimate of drug-likeness (QED) is 0.777. The molecule has 16 heavy (non-hydrogen) atoms. The summed E-state index contributed by atoms with van der Waals surface area (Å²) in [5.41, 5.74) is -0.103. The second kappa shape index (κ2) is 5.25. The molecule has 1 aromatic carbocycles. The van der Waals surface area contributed by atoms with Crippen LogP contribution in [0.5, 0.6) is 0 Å². The first-order chi connectivity index (χ1) is 7.54. The van der Waals surface area contributed by atoms with Crippen LogP contribution < -0.4 is 5.32 Å². The third-order valence-electron chi connectivity index (χ3n) is 1.93. The number of rotatable bonds is 4. The van der Waals surface area contributed by atoms with E-state index in [4.69, 9.17) is 5.11 Å². The Hall–Kier alpha value is -1.91. The zero-order valence-corrected chi connectivity index (χ0v) is 8.63. The highest BCUT2D eigenvalue weighted by Crippen LogP contribution is 2.20. The molecule has 86 valence electrons. The fourth-order valence-electron chi connectivity index (χ4n) is 1.15. The van der Waals surface area contributed by atoms with Gasteiger partial charge in [-0.2, -0.15) is 0 Å². The van der Waals surface area contributed by atoms with E-state index < -0.39 is 17.6 Å². The lowest BCUT2D eigenvalue weighted by Crippen LogP contribution is -2.05. The molecule has 3 nitrogen and oxygen atoms in total. The number of anilines is 1. The number of benzene rings is 1. The predicted octanol–water partition coefficient (Wildman–Crippen LogP) is 2.76. The van der Waals surface area contributed by atoms with Crippen LogP contribution in [-0.2, 0) is 4.79 Å². The van der Waals surface area contributed by atoms with Gasteiger partial charge >= 0.3 is 5.97 Å². The van der Waals surface area contributed by atoms with Crippen molar-refractivity contribution in [3.05, 3.63) is 41.6 Å². The van der Waals surface area contributed by atoms with Gasteiger partial charge in [0.2, 0.25) is 0 Å². The molecule has 0 fully saturated rings. The molecule has 0 amide bonds. The van der Waals surface area contributed by atoms with Crippen molar-refractivity contribution in [1.82, 2.24) is 0 Å². The van der Waals surface area contributed by atoms with E-state index in [0.717, 1.165) is 18.2 Å². The predicted molar refractivity (Wildman–Crippen MR) is 56.0 cm³/mol. The molecule has 2 N–H and O–H groups in total. The second-order valence-electron chi connectivity index (χ2n) is 3.08. The van der Waals surface area contributed by atoms with E-state index in [1.54, 1.807) is 6.92 Å². The minimum atomic E-state index is -1.17. The highest BCUT2D eigenvalue weighted by atomic mass is 19.1. The Bertz CT molecular complexity index is 410. The summed E-state index contributed by atoms with van der Waals surface area (Å²) in [6.45, 7) is 1.68. The van der Waals surface area contributed by atoms with Crippen LogP contribution in [0.4, 0.5) is 14.5 Å². The lowest BCUT2D eigenvalue weighted by Gasteiger charge is -2.10. The Kier molecular flexibility index (Phi) is 3.99. The smallest absolute Gasteiger partial charge is 0.330 e. The zero-order chi connectivity index (χ0) is 12.1. The van der Waals surface area contributed by atoms with Gasteiger partial charge < -0.3 is 10.4 Å². The SMILES string of the molecule is CC/C(=C/C(=O)O)Nc1c(F)cccc1F. The van der Waals surface area contributed by atoms with Gasteiger partial charge in [0, 0.05) is 11.8 Å². The summed E-state index contributed by atoms with van der Waals surface area (Å²) < 4.78 is 26.4. The number of nitrogens with one attached hydrogen (secondary N) is 1. The number of para-hydroxylation sites is 1. The monoisotopic (exact) mass is 227 g/mol. The number of carbonyl (C=O) groups is 1. The van der Waals surface area contributed by atoms with Gasteiger partial charge in [0.25, 0.3) is 0 Å². The molecule has 0 aliphatic rings. The van der Waals surface area contributed by atoms with E-state index in [2.05, 4.69) is 5.32 Å². The first-order valence-corrected chi connectivity index (χ1v) is 4.69. The lowest BCUT2D eigenvalue weighted by molar-refractivity contribution is -0.131. The van der Waals surface area contributed by atoms with Crippen LogP contribution in [-0.4, -0.2) is 11.1 Å². The molecular formula is C11H11F2NO2.